The number of aliphatic hydroxyl groups excluding tert-OH is 2. The van der Waals surface area contributed by atoms with Crippen molar-refractivity contribution in [2.24, 2.45) is 0 Å². The molecule has 0 saturated carbocycles. The van der Waals surface area contributed by atoms with Crippen molar-refractivity contribution in [3.8, 4) is 5.75 Å². The number of thioether (sulfide) groups is 1. The monoisotopic (exact) mass is 414 g/mol. The average molecular weight is 415 g/mol. The van der Waals surface area contributed by atoms with Gasteiger partial charge in [-0.05, 0) is 72.9 Å². The van der Waals surface area contributed by atoms with Crippen molar-refractivity contribution in [2.75, 3.05) is 19.5 Å². The minimum absolute atomic E-state index is 0.0723. The topological polar surface area (TPSA) is 58.9 Å². The third kappa shape index (κ3) is 4.48. The molecule has 1 saturated heterocycles. The lowest BCUT2D eigenvalue weighted by Gasteiger charge is -2.35. The molecule has 29 heavy (non-hydrogen) atoms. The summed E-state index contributed by atoms with van der Waals surface area (Å²) in [6.07, 6.45) is 4.96. The quantitative estimate of drug-likeness (QED) is 0.718. The Morgan fingerprint density at radius 3 is 2.69 bits per heavy atom. The first-order chi connectivity index (χ1) is 14.1. The number of ether oxygens (including phenoxy) is 2. The molecule has 2 aliphatic rings. The van der Waals surface area contributed by atoms with E-state index in [2.05, 4.69) is 43.5 Å². The van der Waals surface area contributed by atoms with Gasteiger partial charge in [-0.1, -0.05) is 12.1 Å². The highest BCUT2D eigenvalue weighted by Crippen LogP contribution is 2.42. The van der Waals surface area contributed by atoms with Crippen molar-refractivity contribution < 1.29 is 19.7 Å². The van der Waals surface area contributed by atoms with Gasteiger partial charge in [0.05, 0.1) is 31.5 Å². The van der Waals surface area contributed by atoms with E-state index in [0.29, 0.717) is 19.4 Å². The van der Waals surface area contributed by atoms with Gasteiger partial charge in [0.25, 0.3) is 0 Å². The van der Waals surface area contributed by atoms with E-state index < -0.39 is 6.10 Å². The van der Waals surface area contributed by atoms with Gasteiger partial charge in [-0.2, -0.15) is 0 Å². The summed E-state index contributed by atoms with van der Waals surface area (Å²) < 4.78 is 12.2. The molecule has 2 heterocycles. The number of rotatable bonds is 5. The van der Waals surface area contributed by atoms with E-state index in [4.69, 9.17) is 9.47 Å². The lowest BCUT2D eigenvalue weighted by Crippen LogP contribution is -2.34. The Hall–Kier alpha value is -1.53. The smallest absolute Gasteiger partial charge is 0.128 e. The van der Waals surface area contributed by atoms with E-state index >= 15 is 0 Å². The third-order valence-electron chi connectivity index (χ3n) is 6.10. The highest BCUT2D eigenvalue weighted by atomic mass is 32.2. The van der Waals surface area contributed by atoms with Crippen LogP contribution in [0.1, 0.15) is 53.2 Å². The normalized spacial score (nSPS) is 24.1. The van der Waals surface area contributed by atoms with E-state index in [1.54, 1.807) is 11.8 Å². The molecule has 0 aromatic heterocycles. The largest absolute Gasteiger partial charge is 0.493 e. The van der Waals surface area contributed by atoms with Crippen molar-refractivity contribution in [3.63, 3.8) is 0 Å². The van der Waals surface area contributed by atoms with E-state index in [1.807, 2.05) is 0 Å². The first-order valence-corrected chi connectivity index (χ1v) is 11.7. The molecule has 0 amide bonds. The number of hydrogen-bond acceptors (Lipinski definition) is 5. The fourth-order valence-electron chi connectivity index (χ4n) is 4.49. The van der Waals surface area contributed by atoms with Crippen molar-refractivity contribution in [1.82, 2.24) is 0 Å². The molecule has 4 rings (SSSR count). The van der Waals surface area contributed by atoms with Crippen molar-refractivity contribution >= 4 is 11.8 Å². The zero-order chi connectivity index (χ0) is 20.4. The zero-order valence-electron chi connectivity index (χ0n) is 17.2. The fourth-order valence-corrected chi connectivity index (χ4v) is 4.90. The van der Waals surface area contributed by atoms with Crippen LogP contribution < -0.4 is 4.74 Å². The Kier molecular flexibility index (Phi) is 6.50. The van der Waals surface area contributed by atoms with Crippen LogP contribution in [-0.4, -0.2) is 41.9 Å². The van der Waals surface area contributed by atoms with Crippen LogP contribution >= 0.6 is 11.8 Å². The number of fused-ring (bicyclic) bond motifs is 1. The lowest BCUT2D eigenvalue weighted by molar-refractivity contribution is -0.114. The maximum Gasteiger partial charge on any atom is 0.128 e. The maximum atomic E-state index is 10.3. The second-order valence-corrected chi connectivity index (χ2v) is 8.97. The van der Waals surface area contributed by atoms with Crippen LogP contribution in [0.15, 0.2) is 35.2 Å². The van der Waals surface area contributed by atoms with Crippen molar-refractivity contribution in [1.29, 1.82) is 0 Å². The van der Waals surface area contributed by atoms with Crippen LogP contribution in [-0.2, 0) is 17.6 Å². The minimum Gasteiger partial charge on any atom is -0.493 e. The highest BCUT2D eigenvalue weighted by molar-refractivity contribution is 7.98. The Morgan fingerprint density at radius 1 is 1.17 bits per heavy atom. The molecule has 5 heteroatoms. The maximum absolute atomic E-state index is 10.3. The molecule has 0 radical (unpaired) electrons. The molecule has 156 valence electrons. The van der Waals surface area contributed by atoms with Gasteiger partial charge >= 0.3 is 0 Å². The summed E-state index contributed by atoms with van der Waals surface area (Å²) in [4.78, 5) is 1.27. The van der Waals surface area contributed by atoms with E-state index in [1.165, 1.54) is 27.1 Å². The Balaban J connectivity index is 1.71. The van der Waals surface area contributed by atoms with Crippen LogP contribution in [0.4, 0.5) is 0 Å². The van der Waals surface area contributed by atoms with Crippen LogP contribution in [0, 0.1) is 6.92 Å². The molecular weight excluding hydrogens is 384 g/mol. The molecule has 0 bridgehead atoms. The molecule has 3 atom stereocenters. The molecular formula is C24H30O4S. The molecule has 0 spiro atoms. The van der Waals surface area contributed by atoms with Crippen molar-refractivity contribution in [3.05, 3.63) is 58.1 Å². The predicted molar refractivity (Wildman–Crippen MR) is 116 cm³/mol. The molecule has 1 fully saturated rings. The summed E-state index contributed by atoms with van der Waals surface area (Å²) in [5.41, 5.74) is 6.16. The molecule has 2 aromatic carbocycles. The van der Waals surface area contributed by atoms with Crippen LogP contribution in [0.25, 0.3) is 0 Å². The van der Waals surface area contributed by atoms with E-state index in [0.717, 1.165) is 30.6 Å². The number of aliphatic hydroxyl groups is 2. The predicted octanol–water partition coefficient (Wildman–Crippen LogP) is 4.21. The zero-order valence-corrected chi connectivity index (χ0v) is 18.0. The van der Waals surface area contributed by atoms with Crippen molar-refractivity contribution in [2.45, 2.75) is 62.2 Å². The van der Waals surface area contributed by atoms with E-state index in [-0.39, 0.29) is 18.8 Å². The SMILES string of the molecule is CSc1ccc(Cc2cc(C3CC(O)CC(CO)O3)c3c(c2C)CCCO3)cc1. The number of benzene rings is 2. The minimum atomic E-state index is -0.464. The Bertz CT molecular complexity index is 849. The molecule has 2 aliphatic heterocycles. The third-order valence-corrected chi connectivity index (χ3v) is 6.84. The summed E-state index contributed by atoms with van der Waals surface area (Å²) in [7, 11) is 0. The fraction of sp³-hybridized carbons (Fsp3) is 0.500. The molecule has 0 aliphatic carbocycles. The van der Waals surface area contributed by atoms with Gasteiger partial charge in [0.2, 0.25) is 0 Å². The van der Waals surface area contributed by atoms with Gasteiger partial charge in [0.15, 0.2) is 0 Å². The van der Waals surface area contributed by atoms with Gasteiger partial charge in [-0.15, -0.1) is 11.8 Å². The average Bonchev–Trinajstić information content (AvgIpc) is 2.75. The van der Waals surface area contributed by atoms with Gasteiger partial charge in [0.1, 0.15) is 5.75 Å². The first-order valence-electron chi connectivity index (χ1n) is 10.4. The summed E-state index contributed by atoms with van der Waals surface area (Å²) >= 11 is 1.75. The van der Waals surface area contributed by atoms with Crippen LogP contribution in [0.2, 0.25) is 0 Å². The van der Waals surface area contributed by atoms with Gasteiger partial charge in [0, 0.05) is 23.3 Å². The Labute approximate surface area is 177 Å². The first kappa shape index (κ1) is 20.7. The number of hydrogen-bond donors (Lipinski definition) is 2. The second-order valence-electron chi connectivity index (χ2n) is 8.09. The van der Waals surface area contributed by atoms with Gasteiger partial charge < -0.3 is 19.7 Å². The Morgan fingerprint density at radius 2 is 1.97 bits per heavy atom. The van der Waals surface area contributed by atoms with E-state index in [9.17, 15) is 10.2 Å². The summed E-state index contributed by atoms with van der Waals surface area (Å²) in [5.74, 6) is 0.936. The highest BCUT2D eigenvalue weighted by Gasteiger charge is 2.33. The summed E-state index contributed by atoms with van der Waals surface area (Å²) in [5, 5.41) is 19.9. The lowest BCUT2D eigenvalue weighted by atomic mass is 9.86. The molecule has 3 unspecified atom stereocenters. The van der Waals surface area contributed by atoms with Gasteiger partial charge in [-0.25, -0.2) is 0 Å². The summed E-state index contributed by atoms with van der Waals surface area (Å²) in [6, 6.07) is 10.9. The van der Waals surface area contributed by atoms with Crippen LogP contribution in [0.5, 0.6) is 5.75 Å². The molecule has 2 N–H and O–H groups in total. The van der Waals surface area contributed by atoms with Crippen LogP contribution in [0.3, 0.4) is 0 Å². The molecule has 4 nitrogen and oxygen atoms in total. The second kappa shape index (κ2) is 9.09. The standard InChI is InChI=1S/C24H30O4S/c1-15-17(10-16-5-7-20(29-2)8-6-16)11-22(24-21(15)4-3-9-27-24)23-13-18(26)12-19(14-25)28-23/h5-8,11,18-19,23,25-26H,3-4,9-10,12-14H2,1-2H3. The molecule has 2 aromatic rings. The summed E-state index contributed by atoms with van der Waals surface area (Å²) in [6.45, 7) is 2.83. The van der Waals surface area contributed by atoms with Gasteiger partial charge in [-0.3, -0.25) is 0 Å².